The van der Waals surface area contributed by atoms with E-state index >= 15 is 0 Å². The number of piperidine rings is 1. The molecule has 0 bridgehead atoms. The lowest BCUT2D eigenvalue weighted by molar-refractivity contribution is -0.133. The molecule has 0 aromatic carbocycles. The summed E-state index contributed by atoms with van der Waals surface area (Å²) in [4.78, 5) is 16.1. The molecule has 1 fully saturated rings. The van der Waals surface area contributed by atoms with E-state index in [0.717, 1.165) is 25.9 Å². The molecule has 6 heteroatoms. The Morgan fingerprint density at radius 3 is 2.28 bits per heavy atom. The lowest BCUT2D eigenvalue weighted by atomic mass is 10.0. The fourth-order valence-electron chi connectivity index (χ4n) is 2.35. The van der Waals surface area contributed by atoms with Crippen molar-refractivity contribution in [1.29, 1.82) is 0 Å². The normalized spacial score (nSPS) is 18.4. The average molecular weight is 300 g/mol. The Balaban J connectivity index is 0. The van der Waals surface area contributed by atoms with Gasteiger partial charge in [0.05, 0.1) is 6.04 Å². The number of likely N-dealkylation sites (N-methyl/N-ethyl adjacent to an activating group) is 1. The van der Waals surface area contributed by atoms with Crippen LogP contribution in [0.4, 0.5) is 0 Å². The van der Waals surface area contributed by atoms with Crippen LogP contribution in [0.3, 0.4) is 0 Å². The molecule has 2 N–H and O–H groups in total. The summed E-state index contributed by atoms with van der Waals surface area (Å²) >= 11 is 0. The minimum atomic E-state index is -0.376. The van der Waals surface area contributed by atoms with Gasteiger partial charge in [-0.3, -0.25) is 4.79 Å². The van der Waals surface area contributed by atoms with Crippen LogP contribution in [0.2, 0.25) is 0 Å². The molecule has 1 aliphatic rings. The van der Waals surface area contributed by atoms with Gasteiger partial charge in [-0.1, -0.05) is 6.92 Å². The van der Waals surface area contributed by atoms with Crippen LogP contribution in [0.15, 0.2) is 0 Å². The molecule has 4 nitrogen and oxygen atoms in total. The predicted octanol–water partition coefficient (Wildman–Crippen LogP) is 1.51. The van der Waals surface area contributed by atoms with Crippen molar-refractivity contribution in [2.24, 2.45) is 5.73 Å². The zero-order chi connectivity index (χ0) is 12.1. The number of rotatable bonds is 4. The molecule has 0 saturated carbocycles. The van der Waals surface area contributed by atoms with Gasteiger partial charge < -0.3 is 15.5 Å². The molecule has 18 heavy (non-hydrogen) atoms. The Morgan fingerprint density at radius 1 is 1.39 bits per heavy atom. The highest BCUT2D eigenvalue weighted by molar-refractivity contribution is 5.85. The molecule has 0 spiro atoms. The zero-order valence-electron chi connectivity index (χ0n) is 11.6. The van der Waals surface area contributed by atoms with Crippen molar-refractivity contribution in [3.8, 4) is 0 Å². The number of nitrogens with two attached hydrogens (primary N) is 1. The van der Waals surface area contributed by atoms with Crippen LogP contribution in [-0.4, -0.2) is 54.5 Å². The summed E-state index contributed by atoms with van der Waals surface area (Å²) in [6.45, 7) is 7.35. The zero-order valence-corrected chi connectivity index (χ0v) is 13.2. The third-order valence-electron chi connectivity index (χ3n) is 3.38. The van der Waals surface area contributed by atoms with Crippen molar-refractivity contribution >= 4 is 30.7 Å². The Labute approximate surface area is 123 Å². The molecule has 1 atom stereocenters. The highest BCUT2D eigenvalue weighted by Gasteiger charge is 2.26. The molecule has 1 heterocycles. The minimum Gasteiger partial charge on any atom is -0.341 e. The van der Waals surface area contributed by atoms with Crippen LogP contribution >= 0.6 is 24.8 Å². The van der Waals surface area contributed by atoms with E-state index in [9.17, 15) is 4.79 Å². The fraction of sp³-hybridized carbons (Fsp3) is 0.917. The van der Waals surface area contributed by atoms with E-state index in [1.807, 2.05) is 11.9 Å². The summed E-state index contributed by atoms with van der Waals surface area (Å²) in [6.07, 6.45) is 3.36. The van der Waals surface area contributed by atoms with E-state index in [-0.39, 0.29) is 36.8 Å². The van der Waals surface area contributed by atoms with Crippen LogP contribution in [0.1, 0.15) is 33.1 Å². The summed E-state index contributed by atoms with van der Waals surface area (Å²) in [5, 5.41) is 0. The van der Waals surface area contributed by atoms with Gasteiger partial charge in [0.1, 0.15) is 0 Å². The first kappa shape index (κ1) is 20.3. The van der Waals surface area contributed by atoms with Gasteiger partial charge in [0.25, 0.3) is 0 Å². The number of hydrogen-bond donors (Lipinski definition) is 1. The SMILES string of the molecule is CCCN1CCC(N(C)C(=O)[C@H](C)N)CC1.Cl.Cl. The maximum Gasteiger partial charge on any atom is 0.239 e. The molecule has 1 saturated heterocycles. The van der Waals surface area contributed by atoms with Gasteiger partial charge in [-0.15, -0.1) is 24.8 Å². The number of likely N-dealkylation sites (tertiary alicyclic amines) is 1. The summed E-state index contributed by atoms with van der Waals surface area (Å²) in [6, 6.07) is 0.00489. The topological polar surface area (TPSA) is 49.6 Å². The van der Waals surface area contributed by atoms with E-state index in [1.54, 1.807) is 6.92 Å². The van der Waals surface area contributed by atoms with Crippen molar-refractivity contribution in [2.75, 3.05) is 26.7 Å². The Morgan fingerprint density at radius 2 is 1.89 bits per heavy atom. The molecule has 1 amide bonds. The second kappa shape index (κ2) is 9.84. The second-order valence-electron chi connectivity index (χ2n) is 4.81. The summed E-state index contributed by atoms with van der Waals surface area (Å²) in [5.74, 6) is 0.0638. The third kappa shape index (κ3) is 5.74. The van der Waals surface area contributed by atoms with E-state index in [1.165, 1.54) is 13.0 Å². The number of amides is 1. The van der Waals surface area contributed by atoms with E-state index in [0.29, 0.717) is 6.04 Å². The quantitative estimate of drug-likeness (QED) is 0.856. The summed E-state index contributed by atoms with van der Waals surface area (Å²) in [5.41, 5.74) is 5.62. The van der Waals surface area contributed by atoms with Crippen LogP contribution in [-0.2, 0) is 4.79 Å². The molecule has 0 radical (unpaired) electrons. The highest BCUT2D eigenvalue weighted by Crippen LogP contribution is 2.16. The first-order chi connectivity index (χ1) is 7.56. The lowest BCUT2D eigenvalue weighted by Gasteiger charge is -2.37. The number of halogens is 2. The van der Waals surface area contributed by atoms with Gasteiger partial charge in [0.2, 0.25) is 5.91 Å². The molecule has 0 unspecified atom stereocenters. The molecule has 1 rings (SSSR count). The number of hydrogen-bond acceptors (Lipinski definition) is 3. The maximum atomic E-state index is 11.7. The predicted molar refractivity (Wildman–Crippen MR) is 80.7 cm³/mol. The largest absolute Gasteiger partial charge is 0.341 e. The standard InChI is InChI=1S/C12H25N3O.2ClH/c1-4-7-15-8-5-11(6-9-15)14(3)12(16)10(2)13;;/h10-11H,4-9,13H2,1-3H3;2*1H/t10-;;/m0../s1. The smallest absolute Gasteiger partial charge is 0.239 e. The van der Waals surface area contributed by atoms with Crippen molar-refractivity contribution in [3.05, 3.63) is 0 Å². The Hall–Kier alpha value is -0.0300. The van der Waals surface area contributed by atoms with Gasteiger partial charge in [0.15, 0.2) is 0 Å². The van der Waals surface area contributed by atoms with E-state index < -0.39 is 0 Å². The monoisotopic (exact) mass is 299 g/mol. The van der Waals surface area contributed by atoms with Gasteiger partial charge in [-0.05, 0) is 32.7 Å². The maximum absolute atomic E-state index is 11.7. The molecule has 0 aromatic rings. The molecular weight excluding hydrogens is 273 g/mol. The van der Waals surface area contributed by atoms with Gasteiger partial charge in [-0.2, -0.15) is 0 Å². The van der Waals surface area contributed by atoms with Crippen molar-refractivity contribution in [2.45, 2.75) is 45.2 Å². The highest BCUT2D eigenvalue weighted by atomic mass is 35.5. The van der Waals surface area contributed by atoms with Crippen LogP contribution < -0.4 is 5.73 Å². The van der Waals surface area contributed by atoms with Gasteiger partial charge in [-0.25, -0.2) is 0 Å². The minimum absolute atomic E-state index is 0. The molecule has 0 aliphatic carbocycles. The second-order valence-corrected chi connectivity index (χ2v) is 4.81. The first-order valence-corrected chi connectivity index (χ1v) is 6.30. The van der Waals surface area contributed by atoms with E-state index in [2.05, 4.69) is 11.8 Å². The Bertz CT molecular complexity index is 231. The molecule has 0 aromatic heterocycles. The molecule has 110 valence electrons. The number of carbonyl (C=O) groups excluding carboxylic acids is 1. The summed E-state index contributed by atoms with van der Waals surface area (Å²) in [7, 11) is 1.88. The molecule has 1 aliphatic heterocycles. The third-order valence-corrected chi connectivity index (χ3v) is 3.38. The van der Waals surface area contributed by atoms with Crippen molar-refractivity contribution in [3.63, 3.8) is 0 Å². The van der Waals surface area contributed by atoms with E-state index in [4.69, 9.17) is 5.73 Å². The summed E-state index contributed by atoms with van der Waals surface area (Å²) < 4.78 is 0. The molecular formula is C12H27Cl2N3O. The average Bonchev–Trinajstić information content (AvgIpc) is 2.28. The van der Waals surface area contributed by atoms with Crippen LogP contribution in [0.5, 0.6) is 0 Å². The number of carbonyl (C=O) groups is 1. The first-order valence-electron chi connectivity index (χ1n) is 6.30. The lowest BCUT2D eigenvalue weighted by Crippen LogP contribution is -2.49. The van der Waals surface area contributed by atoms with Crippen LogP contribution in [0, 0.1) is 0 Å². The number of nitrogens with zero attached hydrogens (tertiary/aromatic N) is 2. The van der Waals surface area contributed by atoms with Crippen molar-refractivity contribution in [1.82, 2.24) is 9.80 Å². The van der Waals surface area contributed by atoms with Gasteiger partial charge in [0, 0.05) is 26.2 Å². The van der Waals surface area contributed by atoms with Crippen molar-refractivity contribution < 1.29 is 4.79 Å². The van der Waals surface area contributed by atoms with Crippen LogP contribution in [0.25, 0.3) is 0 Å². The Kier molecular flexibility index (Phi) is 11.1. The fourth-order valence-corrected chi connectivity index (χ4v) is 2.35. The van der Waals surface area contributed by atoms with Gasteiger partial charge >= 0.3 is 0 Å².